The first-order chi connectivity index (χ1) is 14.9. The van der Waals surface area contributed by atoms with E-state index in [2.05, 4.69) is 12.8 Å². The van der Waals surface area contributed by atoms with Crippen molar-refractivity contribution in [2.45, 2.75) is 116 Å². The van der Waals surface area contributed by atoms with E-state index in [-0.39, 0.29) is 0 Å². The fourth-order valence-corrected chi connectivity index (χ4v) is 7.94. The van der Waals surface area contributed by atoms with Crippen molar-refractivity contribution >= 4 is 0 Å². The van der Waals surface area contributed by atoms with E-state index in [1.807, 2.05) is 29.6 Å². The molecule has 0 heteroatoms. The lowest BCUT2D eigenvalue weighted by molar-refractivity contribution is 0.250. The van der Waals surface area contributed by atoms with Crippen LogP contribution in [0.5, 0.6) is 0 Å². The van der Waals surface area contributed by atoms with E-state index in [1.165, 1.54) is 116 Å². The van der Waals surface area contributed by atoms with Crippen LogP contribution >= 0.6 is 0 Å². The molecule has 6 saturated carbocycles. The van der Waals surface area contributed by atoms with Crippen LogP contribution < -0.4 is 0 Å². The number of fused-ring (bicyclic) bond motifs is 4. The summed E-state index contributed by atoms with van der Waals surface area (Å²) < 4.78 is 0. The third-order valence-corrected chi connectivity index (χ3v) is 9.39. The Hall–Kier alpha value is 0. The molecule has 1 atom stereocenters. The van der Waals surface area contributed by atoms with Crippen molar-refractivity contribution in [3.05, 3.63) is 60.2 Å². The minimum absolute atomic E-state index is 0.798. The quantitative estimate of drug-likeness (QED) is 0.445. The first-order valence-corrected chi connectivity index (χ1v) is 13.5. The maximum absolute atomic E-state index is 2.59. The van der Waals surface area contributed by atoms with Crippen LogP contribution in [-0.4, -0.2) is 0 Å². The summed E-state index contributed by atoms with van der Waals surface area (Å²) in [6, 6.07) is 0. The van der Waals surface area contributed by atoms with Crippen molar-refractivity contribution in [2.75, 3.05) is 0 Å². The van der Waals surface area contributed by atoms with E-state index in [1.54, 1.807) is 17.8 Å². The Morgan fingerprint density at radius 3 is 1.80 bits per heavy atom. The summed E-state index contributed by atoms with van der Waals surface area (Å²) in [6.07, 6.45) is 30.7. The summed E-state index contributed by atoms with van der Waals surface area (Å²) in [5.74, 6) is 16.3. The molecule has 0 heterocycles. The average Bonchev–Trinajstić information content (AvgIpc) is 3.38. The Labute approximate surface area is 187 Å². The van der Waals surface area contributed by atoms with Gasteiger partial charge in [0.25, 0.3) is 0 Å². The molecular weight excluding hydrogens is 360 g/mol. The molecule has 160 valence electrons. The summed E-state index contributed by atoms with van der Waals surface area (Å²) in [6.45, 7) is 0. The van der Waals surface area contributed by atoms with Gasteiger partial charge in [-0.3, -0.25) is 0 Å². The average molecular weight is 401 g/mol. The van der Waals surface area contributed by atoms with Gasteiger partial charge in [0.2, 0.25) is 0 Å². The molecule has 10 radical (unpaired) electrons. The number of rotatable bonds is 4. The van der Waals surface area contributed by atoms with E-state index in [0.29, 0.717) is 0 Å². The molecule has 0 saturated heterocycles. The van der Waals surface area contributed by atoms with Crippen molar-refractivity contribution in [1.29, 1.82) is 0 Å². The van der Waals surface area contributed by atoms with Crippen molar-refractivity contribution in [1.82, 2.24) is 0 Å². The third-order valence-electron chi connectivity index (χ3n) is 9.39. The Morgan fingerprint density at radius 1 is 0.567 bits per heavy atom. The Morgan fingerprint density at radius 2 is 1.13 bits per heavy atom. The molecule has 0 aromatic heterocycles. The van der Waals surface area contributed by atoms with Crippen LogP contribution in [0.2, 0.25) is 0 Å². The lowest BCUT2D eigenvalue weighted by atomic mass is 9.63. The minimum atomic E-state index is 0.798. The zero-order valence-electron chi connectivity index (χ0n) is 19.0. The Bertz CT molecular complexity index is 536. The first kappa shape index (κ1) is 20.6. The molecule has 1 unspecified atom stereocenters. The first-order valence-electron chi connectivity index (χ1n) is 13.5. The Kier molecular flexibility index (Phi) is 6.24. The van der Waals surface area contributed by atoms with Gasteiger partial charge < -0.3 is 0 Å². The molecule has 30 heavy (non-hydrogen) atoms. The highest BCUT2D eigenvalue weighted by atomic mass is 14.6. The van der Waals surface area contributed by atoms with Gasteiger partial charge >= 0.3 is 0 Å². The van der Waals surface area contributed by atoms with Crippen LogP contribution in [-0.2, 0) is 0 Å². The molecule has 0 aliphatic heterocycles. The molecule has 0 spiro atoms. The second-order valence-electron chi connectivity index (χ2n) is 11.0. The van der Waals surface area contributed by atoms with Gasteiger partial charge in [0, 0.05) is 0 Å². The van der Waals surface area contributed by atoms with E-state index in [4.69, 9.17) is 0 Å². The zero-order chi connectivity index (χ0) is 19.9. The minimum Gasteiger partial charge on any atom is -0.0533 e. The van der Waals surface area contributed by atoms with Crippen LogP contribution in [0.3, 0.4) is 0 Å². The maximum atomic E-state index is 2.59. The molecule has 0 nitrogen and oxygen atoms in total. The Balaban J connectivity index is 1.26. The van der Waals surface area contributed by atoms with Crippen LogP contribution in [0.4, 0.5) is 0 Å². The maximum Gasteiger partial charge on any atom is -0.00906 e. The molecule has 6 fully saturated rings. The van der Waals surface area contributed by atoms with Gasteiger partial charge in [-0.05, 0) is 117 Å². The molecule has 0 aromatic carbocycles. The van der Waals surface area contributed by atoms with Gasteiger partial charge in [0.05, 0.1) is 0 Å². The highest BCUT2D eigenvalue weighted by Gasteiger charge is 2.54. The SMILES string of the molecule is [CH]1[CH][C](C(C[C]2[C]3CCCC[C]3[C]3CCCC[C]32)C2CCCCC2)[C]2CCCC[C]12. The number of hydrogen-bond acceptors (Lipinski definition) is 0. The van der Waals surface area contributed by atoms with Crippen molar-refractivity contribution < 1.29 is 0 Å². The highest BCUT2D eigenvalue weighted by Crippen LogP contribution is 2.66. The molecule has 0 bridgehead atoms. The van der Waals surface area contributed by atoms with Gasteiger partial charge in [-0.1, -0.05) is 70.6 Å². The predicted molar refractivity (Wildman–Crippen MR) is 125 cm³/mol. The summed E-state index contributed by atoms with van der Waals surface area (Å²) >= 11 is 0. The van der Waals surface area contributed by atoms with E-state index >= 15 is 0 Å². The molecular formula is C30H40. The molecule has 0 N–H and O–H groups in total. The van der Waals surface area contributed by atoms with Crippen LogP contribution in [0.25, 0.3) is 0 Å². The van der Waals surface area contributed by atoms with Gasteiger partial charge in [-0.2, -0.15) is 0 Å². The molecule has 0 amide bonds. The smallest absolute Gasteiger partial charge is 0.00906 e. The topological polar surface area (TPSA) is 0 Å². The standard InChI is InChI=1S/C30H40/c1-2-10-21(11-3-1)29(28-19-18-22-12-4-5-13-23(22)28)20-30-26-16-8-6-14-24(26)25-15-7-9-17-27(25)30/h18-19,21,29H,1-17,20H2. The number of hydrogen-bond donors (Lipinski definition) is 0. The second kappa shape index (κ2) is 9.09. The summed E-state index contributed by atoms with van der Waals surface area (Å²) in [7, 11) is 0. The van der Waals surface area contributed by atoms with E-state index in [0.717, 1.165) is 11.8 Å². The summed E-state index contributed by atoms with van der Waals surface area (Å²) in [5, 5.41) is 0. The summed E-state index contributed by atoms with van der Waals surface area (Å²) in [5.41, 5.74) is 0. The fourth-order valence-electron chi connectivity index (χ4n) is 7.94. The predicted octanol–water partition coefficient (Wildman–Crippen LogP) is 8.33. The lowest BCUT2D eigenvalue weighted by Crippen LogP contribution is -2.31. The van der Waals surface area contributed by atoms with E-state index in [9.17, 15) is 0 Å². The monoisotopic (exact) mass is 400 g/mol. The van der Waals surface area contributed by atoms with Crippen molar-refractivity contribution in [2.24, 2.45) is 11.8 Å². The summed E-state index contributed by atoms with van der Waals surface area (Å²) in [4.78, 5) is 0. The van der Waals surface area contributed by atoms with Crippen LogP contribution in [0.1, 0.15) is 116 Å². The fraction of sp³-hybridized carbons (Fsp3) is 0.667. The van der Waals surface area contributed by atoms with Crippen molar-refractivity contribution in [3.8, 4) is 0 Å². The highest BCUT2D eigenvalue weighted by molar-refractivity contribution is 5.64. The van der Waals surface area contributed by atoms with Crippen LogP contribution in [0, 0.1) is 72.0 Å². The lowest BCUT2D eigenvalue weighted by Gasteiger charge is -2.41. The van der Waals surface area contributed by atoms with Crippen molar-refractivity contribution in [3.63, 3.8) is 0 Å². The van der Waals surface area contributed by atoms with E-state index < -0.39 is 0 Å². The molecule has 0 aromatic rings. The normalized spacial score (nSPS) is 33.6. The van der Waals surface area contributed by atoms with Gasteiger partial charge in [0.15, 0.2) is 0 Å². The van der Waals surface area contributed by atoms with Gasteiger partial charge in [-0.15, -0.1) is 0 Å². The third kappa shape index (κ3) is 3.73. The van der Waals surface area contributed by atoms with Gasteiger partial charge in [-0.25, -0.2) is 0 Å². The molecule has 6 rings (SSSR count). The zero-order valence-corrected chi connectivity index (χ0v) is 19.0. The second-order valence-corrected chi connectivity index (χ2v) is 11.0. The molecule has 6 aliphatic rings. The largest absolute Gasteiger partial charge is 0.0533 e. The molecule has 6 aliphatic carbocycles. The van der Waals surface area contributed by atoms with Gasteiger partial charge in [0.1, 0.15) is 0 Å². The van der Waals surface area contributed by atoms with Crippen LogP contribution in [0.15, 0.2) is 0 Å².